The Bertz CT molecular complexity index is 669. The average molecular weight is 318 g/mol. The molecule has 2 heterocycles. The van der Waals surface area contributed by atoms with E-state index in [-0.39, 0.29) is 12.5 Å². The van der Waals surface area contributed by atoms with Gasteiger partial charge in [-0.15, -0.1) is 10.2 Å². The predicted molar refractivity (Wildman–Crippen MR) is 84.3 cm³/mol. The van der Waals surface area contributed by atoms with Crippen LogP contribution in [-0.4, -0.2) is 44.7 Å². The van der Waals surface area contributed by atoms with E-state index in [1.807, 2.05) is 28.5 Å². The quantitative estimate of drug-likeness (QED) is 0.805. The number of carbonyl (C=O) groups excluding carboxylic acids is 1. The van der Waals surface area contributed by atoms with Gasteiger partial charge in [-0.2, -0.15) is 0 Å². The van der Waals surface area contributed by atoms with E-state index in [0.29, 0.717) is 19.2 Å². The van der Waals surface area contributed by atoms with Crippen molar-refractivity contribution in [1.29, 1.82) is 0 Å². The molecule has 6 nitrogen and oxygen atoms in total. The topological polar surface area (TPSA) is 60.2 Å². The van der Waals surface area contributed by atoms with Gasteiger partial charge >= 0.3 is 5.97 Å². The first-order chi connectivity index (χ1) is 10.7. The number of esters is 1. The maximum absolute atomic E-state index is 11.6. The highest BCUT2D eigenvalue weighted by Crippen LogP contribution is 2.28. The first kappa shape index (κ1) is 15.1. The molecule has 22 heavy (non-hydrogen) atoms. The molecule has 0 fully saturated rings. The summed E-state index contributed by atoms with van der Waals surface area (Å²) in [5, 5.41) is 9.42. The van der Waals surface area contributed by atoms with Crippen LogP contribution in [0.25, 0.3) is 11.4 Å². The molecule has 0 saturated carbocycles. The Morgan fingerprint density at radius 2 is 2.09 bits per heavy atom. The lowest BCUT2D eigenvalue weighted by Gasteiger charge is -2.26. The molecular formula is C15H18N4O2S. The molecule has 0 aliphatic carbocycles. The predicted octanol–water partition coefficient (Wildman–Crippen LogP) is 2.14. The molecule has 0 bridgehead atoms. The molecule has 0 amide bonds. The number of carbonyl (C=O) groups is 1. The minimum atomic E-state index is -0.198. The molecular weight excluding hydrogens is 300 g/mol. The van der Waals surface area contributed by atoms with E-state index in [2.05, 4.69) is 29.3 Å². The molecule has 0 saturated heterocycles. The van der Waals surface area contributed by atoms with Crippen molar-refractivity contribution < 1.29 is 9.53 Å². The maximum Gasteiger partial charge on any atom is 0.320 e. The first-order valence-corrected chi connectivity index (χ1v) is 8.17. The van der Waals surface area contributed by atoms with Gasteiger partial charge in [0.2, 0.25) is 0 Å². The van der Waals surface area contributed by atoms with Crippen molar-refractivity contribution in [1.82, 2.24) is 19.7 Å². The number of aryl methyl sites for hydroxylation is 1. The van der Waals surface area contributed by atoms with Crippen LogP contribution < -0.4 is 0 Å². The number of aromatic nitrogens is 3. The van der Waals surface area contributed by atoms with E-state index in [1.165, 1.54) is 5.56 Å². The second kappa shape index (κ2) is 6.50. The molecule has 0 radical (unpaired) electrons. The zero-order valence-electron chi connectivity index (χ0n) is 12.7. The van der Waals surface area contributed by atoms with Gasteiger partial charge < -0.3 is 4.74 Å². The third kappa shape index (κ3) is 3.15. The van der Waals surface area contributed by atoms with Crippen LogP contribution in [0.5, 0.6) is 0 Å². The number of hydrogen-bond acceptors (Lipinski definition) is 6. The minimum absolute atomic E-state index is 0.198. The monoisotopic (exact) mass is 318 g/mol. The fourth-order valence-corrected chi connectivity index (χ4v) is 3.18. The lowest BCUT2D eigenvalue weighted by atomic mass is 10.1. The van der Waals surface area contributed by atoms with Gasteiger partial charge in [-0.1, -0.05) is 41.6 Å². The third-order valence-corrected chi connectivity index (χ3v) is 4.46. The van der Waals surface area contributed by atoms with Crippen LogP contribution in [0.1, 0.15) is 12.5 Å². The Labute approximate surface area is 133 Å². The minimum Gasteiger partial charge on any atom is -0.465 e. The van der Waals surface area contributed by atoms with Crippen LogP contribution in [0, 0.1) is 6.92 Å². The molecule has 0 unspecified atom stereocenters. The van der Waals surface area contributed by atoms with Crippen LogP contribution >= 0.6 is 11.8 Å². The summed E-state index contributed by atoms with van der Waals surface area (Å²) in [5.74, 6) is 1.35. The maximum atomic E-state index is 11.6. The molecule has 7 heteroatoms. The van der Waals surface area contributed by atoms with E-state index in [1.54, 1.807) is 11.8 Å². The Morgan fingerprint density at radius 1 is 1.32 bits per heavy atom. The highest BCUT2D eigenvalue weighted by atomic mass is 32.2. The lowest BCUT2D eigenvalue weighted by molar-refractivity contribution is -0.144. The summed E-state index contributed by atoms with van der Waals surface area (Å²) in [6, 6.07) is 8.20. The smallest absolute Gasteiger partial charge is 0.320 e. The summed E-state index contributed by atoms with van der Waals surface area (Å²) in [5.41, 5.74) is 2.24. The van der Waals surface area contributed by atoms with Crippen molar-refractivity contribution in [2.24, 2.45) is 0 Å². The number of thioether (sulfide) groups is 1. The molecule has 0 atom stereocenters. The Hall–Kier alpha value is -1.86. The van der Waals surface area contributed by atoms with Crippen molar-refractivity contribution in [2.45, 2.75) is 25.7 Å². The largest absolute Gasteiger partial charge is 0.465 e. The number of rotatable bonds is 4. The second-order valence-electron chi connectivity index (χ2n) is 5.15. The number of benzene rings is 1. The Kier molecular flexibility index (Phi) is 4.44. The van der Waals surface area contributed by atoms with Crippen molar-refractivity contribution in [3.05, 3.63) is 29.8 Å². The number of fused-ring (bicyclic) bond motifs is 1. The van der Waals surface area contributed by atoms with Gasteiger partial charge in [-0.25, -0.2) is 0 Å². The summed E-state index contributed by atoms with van der Waals surface area (Å²) in [6.07, 6.45) is 0. The van der Waals surface area contributed by atoms with Crippen LogP contribution in [0.3, 0.4) is 0 Å². The normalized spacial score (nSPS) is 14.6. The average Bonchev–Trinajstić information content (AvgIpc) is 2.91. The van der Waals surface area contributed by atoms with Gasteiger partial charge in [0.15, 0.2) is 11.0 Å². The number of nitrogens with zero attached hydrogens (tertiary/aromatic N) is 4. The summed E-state index contributed by atoms with van der Waals surface area (Å²) in [7, 11) is 0. The summed E-state index contributed by atoms with van der Waals surface area (Å²) < 4.78 is 7.05. The Morgan fingerprint density at radius 3 is 2.82 bits per heavy atom. The van der Waals surface area contributed by atoms with Gasteiger partial charge in [0, 0.05) is 5.56 Å². The summed E-state index contributed by atoms with van der Waals surface area (Å²) in [6.45, 7) is 5.16. The molecule has 0 N–H and O–H groups in total. The number of hydrogen-bond donors (Lipinski definition) is 0. The van der Waals surface area contributed by atoms with Gasteiger partial charge in [0.1, 0.15) is 0 Å². The molecule has 3 rings (SSSR count). The van der Waals surface area contributed by atoms with Crippen molar-refractivity contribution in [3.8, 4) is 11.4 Å². The number of ether oxygens (including phenoxy) is 1. The van der Waals surface area contributed by atoms with E-state index in [4.69, 9.17) is 4.74 Å². The summed E-state index contributed by atoms with van der Waals surface area (Å²) in [4.78, 5) is 13.7. The van der Waals surface area contributed by atoms with Gasteiger partial charge in [-0.05, 0) is 13.8 Å². The molecule has 1 aliphatic rings. The highest BCUT2D eigenvalue weighted by molar-refractivity contribution is 7.99. The molecule has 2 aromatic rings. The van der Waals surface area contributed by atoms with Crippen molar-refractivity contribution in [2.75, 3.05) is 19.0 Å². The zero-order valence-corrected chi connectivity index (χ0v) is 13.5. The SMILES string of the molecule is CCOC(=O)CN1CSc2nnc(-c3ccc(C)cc3)n2C1. The van der Waals surface area contributed by atoms with Crippen LogP contribution in [0.15, 0.2) is 29.4 Å². The van der Waals surface area contributed by atoms with E-state index in [0.717, 1.165) is 16.5 Å². The van der Waals surface area contributed by atoms with Crippen LogP contribution in [-0.2, 0) is 16.2 Å². The highest BCUT2D eigenvalue weighted by Gasteiger charge is 2.24. The molecule has 1 aromatic carbocycles. The fraction of sp³-hybridized carbons (Fsp3) is 0.400. The molecule has 1 aliphatic heterocycles. The first-order valence-electron chi connectivity index (χ1n) is 7.18. The van der Waals surface area contributed by atoms with E-state index in [9.17, 15) is 4.79 Å². The van der Waals surface area contributed by atoms with Gasteiger partial charge in [0.05, 0.1) is 25.7 Å². The van der Waals surface area contributed by atoms with E-state index >= 15 is 0 Å². The van der Waals surface area contributed by atoms with Gasteiger partial charge in [0.25, 0.3) is 0 Å². The van der Waals surface area contributed by atoms with Crippen molar-refractivity contribution in [3.63, 3.8) is 0 Å². The van der Waals surface area contributed by atoms with Crippen molar-refractivity contribution >= 4 is 17.7 Å². The fourth-order valence-electron chi connectivity index (χ4n) is 2.31. The molecule has 116 valence electrons. The van der Waals surface area contributed by atoms with Crippen LogP contribution in [0.4, 0.5) is 0 Å². The van der Waals surface area contributed by atoms with E-state index < -0.39 is 0 Å². The zero-order chi connectivity index (χ0) is 15.5. The Balaban J connectivity index is 1.79. The molecule has 1 aromatic heterocycles. The van der Waals surface area contributed by atoms with Gasteiger partial charge in [-0.3, -0.25) is 14.3 Å². The second-order valence-corrected chi connectivity index (χ2v) is 6.06. The lowest BCUT2D eigenvalue weighted by Crippen LogP contribution is -2.35. The standard InChI is InChI=1S/C15H18N4O2S/c1-3-21-13(20)8-18-9-19-14(16-17-15(19)22-10-18)12-6-4-11(2)5-7-12/h4-7H,3,8-10H2,1-2H3. The third-order valence-electron chi connectivity index (χ3n) is 3.40. The summed E-state index contributed by atoms with van der Waals surface area (Å²) >= 11 is 1.58. The van der Waals surface area contributed by atoms with Crippen LogP contribution in [0.2, 0.25) is 0 Å². The molecule has 0 spiro atoms.